The molecule has 2 aromatic heterocycles. The second-order valence-corrected chi connectivity index (χ2v) is 6.02. The average molecular weight is 314 g/mol. The van der Waals surface area contributed by atoms with Gasteiger partial charge in [0.05, 0.1) is 18.4 Å². The van der Waals surface area contributed by atoms with Crippen molar-refractivity contribution < 1.29 is 0 Å². The molecule has 0 unspecified atom stereocenters. The standard InChI is InChI=1S/C20H18N4/c1-14-7-8-16-5-3-4-6-19(16)20(14)17-11-18(23-22-12-17)13-24-10-9-21-15(24)2/h3-12H,13H2,1-2H3. The van der Waals surface area contributed by atoms with Crippen molar-refractivity contribution >= 4 is 10.8 Å². The normalized spacial score (nSPS) is 11.1. The lowest BCUT2D eigenvalue weighted by atomic mass is 9.95. The zero-order valence-electron chi connectivity index (χ0n) is 13.8. The van der Waals surface area contributed by atoms with E-state index in [9.17, 15) is 0 Å². The topological polar surface area (TPSA) is 43.6 Å². The van der Waals surface area contributed by atoms with Gasteiger partial charge in [0.2, 0.25) is 0 Å². The molecule has 4 heteroatoms. The second-order valence-electron chi connectivity index (χ2n) is 6.02. The number of hydrogen-bond donors (Lipinski definition) is 0. The van der Waals surface area contributed by atoms with Crippen LogP contribution in [0.15, 0.2) is 61.1 Å². The molecule has 4 aromatic rings. The lowest BCUT2D eigenvalue weighted by Gasteiger charge is -2.11. The van der Waals surface area contributed by atoms with Crippen LogP contribution in [0.25, 0.3) is 21.9 Å². The lowest BCUT2D eigenvalue weighted by molar-refractivity contribution is 0.727. The van der Waals surface area contributed by atoms with Gasteiger partial charge < -0.3 is 4.57 Å². The minimum atomic E-state index is 0.677. The fourth-order valence-corrected chi connectivity index (χ4v) is 3.13. The molecule has 4 nitrogen and oxygen atoms in total. The maximum atomic E-state index is 4.29. The highest BCUT2D eigenvalue weighted by Crippen LogP contribution is 2.31. The van der Waals surface area contributed by atoms with E-state index in [4.69, 9.17) is 0 Å². The summed E-state index contributed by atoms with van der Waals surface area (Å²) in [6, 6.07) is 14.9. The van der Waals surface area contributed by atoms with E-state index >= 15 is 0 Å². The third-order valence-corrected chi connectivity index (χ3v) is 4.39. The zero-order chi connectivity index (χ0) is 16.5. The zero-order valence-corrected chi connectivity index (χ0v) is 13.8. The third-order valence-electron chi connectivity index (χ3n) is 4.39. The number of aryl methyl sites for hydroxylation is 2. The Morgan fingerprint density at radius 3 is 2.75 bits per heavy atom. The molecule has 0 fully saturated rings. The van der Waals surface area contributed by atoms with E-state index in [1.165, 1.54) is 21.9 Å². The van der Waals surface area contributed by atoms with Crippen LogP contribution in [-0.2, 0) is 6.54 Å². The van der Waals surface area contributed by atoms with Crippen LogP contribution in [0.5, 0.6) is 0 Å². The van der Waals surface area contributed by atoms with Gasteiger partial charge in [0.15, 0.2) is 0 Å². The highest BCUT2D eigenvalue weighted by molar-refractivity contribution is 5.98. The molecule has 0 N–H and O–H groups in total. The lowest BCUT2D eigenvalue weighted by Crippen LogP contribution is -2.04. The molecular formula is C20H18N4. The minimum absolute atomic E-state index is 0.677. The van der Waals surface area contributed by atoms with Gasteiger partial charge in [0.1, 0.15) is 5.82 Å². The maximum absolute atomic E-state index is 4.29. The Bertz CT molecular complexity index is 1020. The van der Waals surface area contributed by atoms with Gasteiger partial charge >= 0.3 is 0 Å². The molecule has 0 atom stereocenters. The first-order valence-corrected chi connectivity index (χ1v) is 8.00. The fraction of sp³-hybridized carbons (Fsp3) is 0.150. The van der Waals surface area contributed by atoms with Crippen LogP contribution in [0.3, 0.4) is 0 Å². The van der Waals surface area contributed by atoms with Crippen LogP contribution in [0, 0.1) is 13.8 Å². The monoisotopic (exact) mass is 314 g/mol. The Labute approximate surface area is 140 Å². The molecule has 0 saturated heterocycles. The summed E-state index contributed by atoms with van der Waals surface area (Å²) in [6.45, 7) is 4.81. The molecule has 0 saturated carbocycles. The van der Waals surface area contributed by atoms with Crippen molar-refractivity contribution in [3.8, 4) is 11.1 Å². The van der Waals surface area contributed by atoms with Crippen molar-refractivity contribution in [2.75, 3.05) is 0 Å². The number of aromatic nitrogens is 4. The predicted molar refractivity (Wildman–Crippen MR) is 95.8 cm³/mol. The van der Waals surface area contributed by atoms with Gasteiger partial charge in [-0.3, -0.25) is 0 Å². The third kappa shape index (κ3) is 2.56. The van der Waals surface area contributed by atoms with Gasteiger partial charge in [-0.15, -0.1) is 0 Å². The van der Waals surface area contributed by atoms with Crippen LogP contribution in [0.2, 0.25) is 0 Å². The summed E-state index contributed by atoms with van der Waals surface area (Å²) >= 11 is 0. The van der Waals surface area contributed by atoms with Gasteiger partial charge in [-0.05, 0) is 41.8 Å². The number of hydrogen-bond acceptors (Lipinski definition) is 3. The number of imidazole rings is 1. The van der Waals surface area contributed by atoms with Gasteiger partial charge in [-0.1, -0.05) is 36.4 Å². The maximum Gasteiger partial charge on any atom is 0.105 e. The predicted octanol–water partition coefficient (Wildman–Crippen LogP) is 4.16. The smallest absolute Gasteiger partial charge is 0.105 e. The van der Waals surface area contributed by atoms with Crippen molar-refractivity contribution in [3.63, 3.8) is 0 Å². The first kappa shape index (κ1) is 14.6. The van der Waals surface area contributed by atoms with Gasteiger partial charge in [0, 0.05) is 18.0 Å². The summed E-state index contributed by atoms with van der Waals surface area (Å²) in [4.78, 5) is 4.26. The van der Waals surface area contributed by atoms with E-state index in [0.29, 0.717) is 6.54 Å². The van der Waals surface area contributed by atoms with Gasteiger partial charge in [-0.2, -0.15) is 10.2 Å². The van der Waals surface area contributed by atoms with Crippen LogP contribution in [0.4, 0.5) is 0 Å². The molecule has 2 heterocycles. The highest BCUT2D eigenvalue weighted by Gasteiger charge is 2.10. The first-order valence-electron chi connectivity index (χ1n) is 8.00. The molecule has 24 heavy (non-hydrogen) atoms. The molecule has 0 spiro atoms. The Balaban J connectivity index is 1.82. The molecule has 2 aromatic carbocycles. The summed E-state index contributed by atoms with van der Waals surface area (Å²) in [7, 11) is 0. The number of nitrogens with zero attached hydrogens (tertiary/aromatic N) is 4. The number of fused-ring (bicyclic) bond motifs is 1. The Morgan fingerprint density at radius 2 is 1.92 bits per heavy atom. The van der Waals surface area contributed by atoms with E-state index in [0.717, 1.165) is 17.1 Å². The number of benzene rings is 2. The molecule has 0 radical (unpaired) electrons. The van der Waals surface area contributed by atoms with E-state index in [1.54, 1.807) is 0 Å². The largest absolute Gasteiger partial charge is 0.329 e. The van der Waals surface area contributed by atoms with E-state index in [1.807, 2.05) is 25.5 Å². The summed E-state index contributed by atoms with van der Waals surface area (Å²) in [6.07, 6.45) is 5.62. The Kier molecular flexibility index (Phi) is 3.58. The Morgan fingerprint density at radius 1 is 1.04 bits per heavy atom. The SMILES string of the molecule is Cc1ccc2ccccc2c1-c1cnnc(Cn2ccnc2C)c1. The first-order chi connectivity index (χ1) is 11.7. The van der Waals surface area contributed by atoms with E-state index in [-0.39, 0.29) is 0 Å². The summed E-state index contributed by atoms with van der Waals surface area (Å²) < 4.78 is 2.07. The van der Waals surface area contributed by atoms with Crippen molar-refractivity contribution in [3.05, 3.63) is 78.1 Å². The fourth-order valence-electron chi connectivity index (χ4n) is 3.13. The van der Waals surface area contributed by atoms with Gasteiger partial charge in [0.25, 0.3) is 0 Å². The van der Waals surface area contributed by atoms with E-state index in [2.05, 4.69) is 69.1 Å². The van der Waals surface area contributed by atoms with Crippen LogP contribution >= 0.6 is 0 Å². The summed E-state index contributed by atoms with van der Waals surface area (Å²) in [5, 5.41) is 11.0. The molecule has 0 amide bonds. The van der Waals surface area contributed by atoms with Gasteiger partial charge in [-0.25, -0.2) is 4.98 Å². The average Bonchev–Trinajstić information content (AvgIpc) is 3.00. The summed E-state index contributed by atoms with van der Waals surface area (Å²) in [5.41, 5.74) is 4.51. The van der Waals surface area contributed by atoms with Crippen molar-refractivity contribution in [1.29, 1.82) is 0 Å². The highest BCUT2D eigenvalue weighted by atomic mass is 15.1. The molecule has 0 aliphatic rings. The molecular weight excluding hydrogens is 296 g/mol. The van der Waals surface area contributed by atoms with Crippen LogP contribution in [-0.4, -0.2) is 19.7 Å². The minimum Gasteiger partial charge on any atom is -0.329 e. The molecule has 0 aliphatic heterocycles. The van der Waals surface area contributed by atoms with Crippen molar-refractivity contribution in [2.45, 2.75) is 20.4 Å². The van der Waals surface area contributed by atoms with Crippen molar-refractivity contribution in [1.82, 2.24) is 19.7 Å². The molecule has 118 valence electrons. The number of rotatable bonds is 3. The van der Waals surface area contributed by atoms with Crippen LogP contribution in [0.1, 0.15) is 17.1 Å². The Hall–Kier alpha value is -3.01. The van der Waals surface area contributed by atoms with Crippen molar-refractivity contribution in [2.24, 2.45) is 0 Å². The quantitative estimate of drug-likeness (QED) is 0.570. The summed E-state index contributed by atoms with van der Waals surface area (Å²) in [5.74, 6) is 0.976. The molecule has 0 aliphatic carbocycles. The van der Waals surface area contributed by atoms with E-state index < -0.39 is 0 Å². The van der Waals surface area contributed by atoms with Crippen LogP contribution < -0.4 is 0 Å². The molecule has 0 bridgehead atoms. The second kappa shape index (κ2) is 5.89. The molecule has 4 rings (SSSR count).